The number of carbonyl (C=O) groups is 1. The molecule has 0 radical (unpaired) electrons. The zero-order valence-corrected chi connectivity index (χ0v) is 19.8. The Morgan fingerprint density at radius 3 is 2.52 bits per heavy atom. The molecule has 0 unspecified atom stereocenters. The summed E-state index contributed by atoms with van der Waals surface area (Å²) < 4.78 is 2.31. The molecule has 0 fully saturated rings. The van der Waals surface area contributed by atoms with E-state index in [0.29, 0.717) is 13.0 Å². The maximum Gasteiger partial charge on any atom is 0.224 e. The Morgan fingerprint density at radius 2 is 1.70 bits per heavy atom. The van der Waals surface area contributed by atoms with Crippen LogP contribution in [0, 0.1) is 6.92 Å². The number of imidazole rings is 1. The number of hydrogen-bond acceptors (Lipinski definition) is 2. The van der Waals surface area contributed by atoms with Crippen molar-refractivity contribution >= 4 is 28.5 Å². The van der Waals surface area contributed by atoms with Crippen LogP contribution in [0.5, 0.6) is 0 Å². The Labute approximate surface area is 200 Å². The first-order chi connectivity index (χ1) is 16.1. The van der Waals surface area contributed by atoms with Gasteiger partial charge in [0.15, 0.2) is 0 Å². The Kier molecular flexibility index (Phi) is 7.79. The highest BCUT2D eigenvalue weighted by Gasteiger charge is 2.11. The molecule has 4 aromatic rings. The molecule has 1 N–H and O–H groups in total. The maximum atomic E-state index is 12.2. The van der Waals surface area contributed by atoms with E-state index in [-0.39, 0.29) is 5.91 Å². The summed E-state index contributed by atoms with van der Waals surface area (Å²) in [6.07, 6.45) is 4.42. The SMILES string of the molecule is Cc1ccccc1CC(=O)NCCCCCc1nc2ccccc2n1Cc1ccc(Cl)cc1. The van der Waals surface area contributed by atoms with Gasteiger partial charge in [0.05, 0.1) is 17.5 Å². The van der Waals surface area contributed by atoms with Gasteiger partial charge in [-0.15, -0.1) is 0 Å². The molecule has 3 aromatic carbocycles. The molecule has 0 bridgehead atoms. The minimum Gasteiger partial charge on any atom is -0.356 e. The number of halogens is 1. The van der Waals surface area contributed by atoms with Crippen LogP contribution in [0.3, 0.4) is 0 Å². The molecule has 0 saturated heterocycles. The molecule has 0 aliphatic heterocycles. The number of carbonyl (C=O) groups excluding carboxylic acids is 1. The lowest BCUT2D eigenvalue weighted by molar-refractivity contribution is -0.120. The third-order valence-corrected chi connectivity index (χ3v) is 6.25. The first-order valence-corrected chi connectivity index (χ1v) is 12.0. The van der Waals surface area contributed by atoms with Crippen LogP contribution in [0.25, 0.3) is 11.0 Å². The summed E-state index contributed by atoms with van der Waals surface area (Å²) in [7, 11) is 0. The van der Waals surface area contributed by atoms with Crippen LogP contribution in [0.4, 0.5) is 0 Å². The third kappa shape index (κ3) is 6.23. The Morgan fingerprint density at radius 1 is 0.939 bits per heavy atom. The molecule has 0 saturated carbocycles. The van der Waals surface area contributed by atoms with E-state index in [1.165, 1.54) is 5.56 Å². The van der Waals surface area contributed by atoms with E-state index in [1.807, 2.05) is 49.4 Å². The second kappa shape index (κ2) is 11.2. The minimum atomic E-state index is 0.0917. The van der Waals surface area contributed by atoms with Gasteiger partial charge in [0.1, 0.15) is 5.82 Å². The van der Waals surface area contributed by atoms with Crippen LogP contribution in [0.2, 0.25) is 5.02 Å². The highest BCUT2D eigenvalue weighted by Crippen LogP contribution is 2.20. The Hall–Kier alpha value is -3.11. The summed E-state index contributed by atoms with van der Waals surface area (Å²) >= 11 is 6.05. The van der Waals surface area contributed by atoms with Crippen molar-refractivity contribution in [2.75, 3.05) is 6.54 Å². The van der Waals surface area contributed by atoms with Crippen molar-refractivity contribution in [3.63, 3.8) is 0 Å². The average molecular weight is 460 g/mol. The fourth-order valence-electron chi connectivity index (χ4n) is 4.12. The van der Waals surface area contributed by atoms with E-state index in [0.717, 1.165) is 65.2 Å². The second-order valence-corrected chi connectivity index (χ2v) is 8.93. The standard InChI is InChI=1S/C28H30ClN3O/c1-21-9-4-5-10-23(21)19-28(33)30-18-8-2-3-13-27-31-25-11-6-7-12-26(25)32(27)20-22-14-16-24(29)17-15-22/h4-7,9-12,14-17H,2-3,8,13,18-20H2,1H3,(H,30,33). The van der Waals surface area contributed by atoms with Gasteiger partial charge in [-0.3, -0.25) is 4.79 Å². The smallest absolute Gasteiger partial charge is 0.224 e. The molecule has 0 aliphatic carbocycles. The molecular weight excluding hydrogens is 430 g/mol. The summed E-state index contributed by atoms with van der Waals surface area (Å²) in [5.41, 5.74) is 5.65. The van der Waals surface area contributed by atoms with Crippen molar-refractivity contribution < 1.29 is 4.79 Å². The molecule has 0 spiro atoms. The van der Waals surface area contributed by atoms with Gasteiger partial charge in [0.2, 0.25) is 5.91 Å². The molecular formula is C28H30ClN3O. The predicted octanol–water partition coefficient (Wildman–Crippen LogP) is 6.12. The van der Waals surface area contributed by atoms with E-state index < -0.39 is 0 Å². The molecule has 1 amide bonds. The van der Waals surface area contributed by atoms with Crippen LogP contribution in [0.1, 0.15) is 41.8 Å². The highest BCUT2D eigenvalue weighted by atomic mass is 35.5. The normalized spacial score (nSPS) is 11.1. The van der Waals surface area contributed by atoms with Crippen molar-refractivity contribution in [1.29, 1.82) is 0 Å². The Balaban J connectivity index is 1.28. The van der Waals surface area contributed by atoms with Crippen LogP contribution in [-0.2, 0) is 24.2 Å². The van der Waals surface area contributed by atoms with Crippen LogP contribution in [-0.4, -0.2) is 22.0 Å². The van der Waals surface area contributed by atoms with Gasteiger partial charge in [-0.2, -0.15) is 0 Å². The number of hydrogen-bond donors (Lipinski definition) is 1. The van der Waals surface area contributed by atoms with Crippen molar-refractivity contribution in [3.8, 4) is 0 Å². The molecule has 4 nitrogen and oxygen atoms in total. The van der Waals surface area contributed by atoms with Gasteiger partial charge in [-0.05, 0) is 60.7 Å². The van der Waals surface area contributed by atoms with Crippen LogP contribution >= 0.6 is 11.6 Å². The number of nitrogens with zero attached hydrogens (tertiary/aromatic N) is 2. The van der Waals surface area contributed by atoms with E-state index in [9.17, 15) is 4.79 Å². The van der Waals surface area contributed by atoms with E-state index >= 15 is 0 Å². The molecule has 170 valence electrons. The lowest BCUT2D eigenvalue weighted by Gasteiger charge is -2.10. The van der Waals surface area contributed by atoms with Crippen molar-refractivity contribution in [2.45, 2.75) is 45.6 Å². The molecule has 5 heteroatoms. The average Bonchev–Trinajstić information content (AvgIpc) is 3.16. The van der Waals surface area contributed by atoms with Crippen LogP contribution in [0.15, 0.2) is 72.8 Å². The third-order valence-electron chi connectivity index (χ3n) is 6.00. The van der Waals surface area contributed by atoms with E-state index in [1.54, 1.807) is 0 Å². The van der Waals surface area contributed by atoms with Gasteiger partial charge >= 0.3 is 0 Å². The van der Waals surface area contributed by atoms with Crippen molar-refractivity contribution in [1.82, 2.24) is 14.9 Å². The number of unbranched alkanes of at least 4 members (excludes halogenated alkanes) is 2. The molecule has 0 atom stereocenters. The first-order valence-electron chi connectivity index (χ1n) is 11.6. The number of amides is 1. The fraction of sp³-hybridized carbons (Fsp3) is 0.286. The molecule has 0 aliphatic rings. The number of fused-ring (bicyclic) bond motifs is 1. The number of aryl methyl sites for hydroxylation is 2. The summed E-state index contributed by atoms with van der Waals surface area (Å²) in [6.45, 7) is 3.54. The van der Waals surface area contributed by atoms with Gasteiger partial charge in [0.25, 0.3) is 0 Å². The topological polar surface area (TPSA) is 46.9 Å². The Bertz CT molecular complexity index is 1210. The largest absolute Gasteiger partial charge is 0.356 e. The van der Waals surface area contributed by atoms with Gasteiger partial charge in [0, 0.05) is 24.5 Å². The lowest BCUT2D eigenvalue weighted by atomic mass is 10.1. The summed E-state index contributed by atoms with van der Waals surface area (Å²) in [5, 5.41) is 3.81. The molecule has 33 heavy (non-hydrogen) atoms. The maximum absolute atomic E-state index is 12.2. The number of nitrogens with one attached hydrogen (secondary N) is 1. The minimum absolute atomic E-state index is 0.0917. The van der Waals surface area contributed by atoms with Crippen LogP contribution < -0.4 is 5.32 Å². The number of benzene rings is 3. The zero-order valence-electron chi connectivity index (χ0n) is 19.1. The van der Waals surface area contributed by atoms with E-state index in [2.05, 4.69) is 40.2 Å². The first kappa shape index (κ1) is 23.1. The highest BCUT2D eigenvalue weighted by molar-refractivity contribution is 6.30. The molecule has 1 aromatic heterocycles. The summed E-state index contributed by atoms with van der Waals surface area (Å²) in [5.74, 6) is 1.20. The lowest BCUT2D eigenvalue weighted by Crippen LogP contribution is -2.26. The zero-order chi connectivity index (χ0) is 23.0. The summed E-state index contributed by atoms with van der Waals surface area (Å²) in [4.78, 5) is 17.1. The quantitative estimate of drug-likeness (QED) is 0.290. The predicted molar refractivity (Wildman–Crippen MR) is 136 cm³/mol. The van der Waals surface area contributed by atoms with Gasteiger partial charge < -0.3 is 9.88 Å². The monoisotopic (exact) mass is 459 g/mol. The van der Waals surface area contributed by atoms with Gasteiger partial charge in [-0.1, -0.05) is 66.6 Å². The fourth-order valence-corrected chi connectivity index (χ4v) is 4.25. The molecule has 4 rings (SSSR count). The van der Waals surface area contributed by atoms with Crippen molar-refractivity contribution in [2.24, 2.45) is 0 Å². The number of aromatic nitrogens is 2. The molecule has 1 heterocycles. The van der Waals surface area contributed by atoms with Crippen molar-refractivity contribution in [3.05, 3.63) is 100 Å². The summed E-state index contributed by atoms with van der Waals surface area (Å²) in [6, 6.07) is 24.3. The van der Waals surface area contributed by atoms with E-state index in [4.69, 9.17) is 16.6 Å². The number of para-hydroxylation sites is 2. The number of rotatable bonds is 10. The second-order valence-electron chi connectivity index (χ2n) is 8.49. The van der Waals surface area contributed by atoms with Gasteiger partial charge in [-0.25, -0.2) is 4.98 Å².